The topological polar surface area (TPSA) is 46.5 Å². The molecule has 0 aliphatic rings. The molecule has 1 rings (SSSR count). The van der Waals surface area contributed by atoms with Crippen molar-refractivity contribution in [1.82, 2.24) is 0 Å². The molecule has 0 atom stereocenters. The number of hydrogen-bond donors (Lipinski definition) is 1. The predicted octanol–water partition coefficient (Wildman–Crippen LogP) is 2.31. The van der Waals surface area contributed by atoms with Crippen molar-refractivity contribution in [2.45, 2.75) is 19.5 Å². The Morgan fingerprint density at radius 1 is 1.53 bits per heavy atom. The maximum atomic E-state index is 12.6. The molecule has 1 aromatic rings. The van der Waals surface area contributed by atoms with E-state index < -0.39 is 12.1 Å². The molecule has 0 aliphatic carbocycles. The Balaban J connectivity index is 2.85. The van der Waals surface area contributed by atoms with Crippen LogP contribution in [0.4, 0.5) is 8.78 Å². The third-order valence-electron chi connectivity index (χ3n) is 1.80. The SMILES string of the molecule is CCc1cccc(OC(F)(F)C(=O)O)c1. The lowest BCUT2D eigenvalue weighted by Crippen LogP contribution is -2.34. The van der Waals surface area contributed by atoms with Crippen molar-refractivity contribution in [2.75, 3.05) is 0 Å². The second kappa shape index (κ2) is 4.25. The number of alkyl halides is 2. The molecule has 0 aromatic heterocycles. The Kier molecular flexibility index (Phi) is 3.24. The number of ether oxygens (including phenoxy) is 1. The first-order valence-electron chi connectivity index (χ1n) is 4.35. The van der Waals surface area contributed by atoms with Crippen LogP contribution in [0.15, 0.2) is 24.3 Å². The summed E-state index contributed by atoms with van der Waals surface area (Å²) in [5.74, 6) is -2.45. The quantitative estimate of drug-likeness (QED) is 0.839. The summed E-state index contributed by atoms with van der Waals surface area (Å²) in [4.78, 5) is 10.1. The minimum Gasteiger partial charge on any atom is -0.474 e. The van der Waals surface area contributed by atoms with Gasteiger partial charge in [-0.15, -0.1) is 0 Å². The lowest BCUT2D eigenvalue weighted by atomic mass is 10.2. The summed E-state index contributed by atoms with van der Waals surface area (Å²) in [5, 5.41) is 8.15. The number of benzene rings is 1. The zero-order chi connectivity index (χ0) is 11.5. The molecule has 1 N–H and O–H groups in total. The van der Waals surface area contributed by atoms with Gasteiger partial charge in [-0.3, -0.25) is 0 Å². The highest BCUT2D eigenvalue weighted by Gasteiger charge is 2.42. The Bertz CT molecular complexity index is 363. The van der Waals surface area contributed by atoms with Gasteiger partial charge in [0.25, 0.3) is 0 Å². The maximum absolute atomic E-state index is 12.6. The molecule has 0 heterocycles. The van der Waals surface area contributed by atoms with Crippen LogP contribution >= 0.6 is 0 Å². The minimum atomic E-state index is -4.19. The highest BCUT2D eigenvalue weighted by atomic mass is 19.3. The molecule has 0 saturated heterocycles. The van der Waals surface area contributed by atoms with E-state index in [2.05, 4.69) is 4.74 Å². The maximum Gasteiger partial charge on any atom is 0.501 e. The average molecular weight is 216 g/mol. The highest BCUT2D eigenvalue weighted by molar-refractivity contribution is 5.73. The van der Waals surface area contributed by atoms with E-state index in [0.717, 1.165) is 5.56 Å². The molecule has 0 saturated carbocycles. The first-order valence-corrected chi connectivity index (χ1v) is 4.35. The Morgan fingerprint density at radius 3 is 2.73 bits per heavy atom. The average Bonchev–Trinajstić information content (AvgIpc) is 2.17. The second-order valence-corrected chi connectivity index (χ2v) is 2.92. The Hall–Kier alpha value is -1.65. The van der Waals surface area contributed by atoms with Gasteiger partial charge < -0.3 is 9.84 Å². The molecular formula is C10H10F2O3. The van der Waals surface area contributed by atoms with Gasteiger partial charge in [-0.1, -0.05) is 19.1 Å². The van der Waals surface area contributed by atoms with Gasteiger partial charge in [0.05, 0.1) is 0 Å². The van der Waals surface area contributed by atoms with Gasteiger partial charge in [-0.25, -0.2) is 4.79 Å². The number of hydrogen-bond acceptors (Lipinski definition) is 2. The van der Waals surface area contributed by atoms with Crippen LogP contribution in [0.3, 0.4) is 0 Å². The van der Waals surface area contributed by atoms with Crippen LogP contribution in [0.1, 0.15) is 12.5 Å². The van der Waals surface area contributed by atoms with Crippen LogP contribution in [0.25, 0.3) is 0 Å². The van der Waals surface area contributed by atoms with Crippen molar-refractivity contribution in [3.8, 4) is 5.75 Å². The summed E-state index contributed by atoms with van der Waals surface area (Å²) in [6.45, 7) is 1.86. The van der Waals surface area contributed by atoms with E-state index in [0.29, 0.717) is 6.42 Å². The normalized spacial score (nSPS) is 11.1. The molecule has 3 nitrogen and oxygen atoms in total. The number of carboxylic acid groups (broad SMARTS) is 1. The standard InChI is InChI=1S/C10H10F2O3/c1-2-7-4-3-5-8(6-7)15-10(11,12)9(13)14/h3-6H,2H2,1H3,(H,13,14). The van der Waals surface area contributed by atoms with Crippen LogP contribution in [0, 0.1) is 0 Å². The van der Waals surface area contributed by atoms with Crippen molar-refractivity contribution in [3.63, 3.8) is 0 Å². The number of carbonyl (C=O) groups is 1. The van der Waals surface area contributed by atoms with Crippen molar-refractivity contribution in [1.29, 1.82) is 0 Å². The number of carboxylic acids is 1. The van der Waals surface area contributed by atoms with Crippen LogP contribution in [-0.4, -0.2) is 17.2 Å². The van der Waals surface area contributed by atoms with Crippen molar-refractivity contribution in [3.05, 3.63) is 29.8 Å². The summed E-state index contributed by atoms with van der Waals surface area (Å²) < 4.78 is 29.4. The molecule has 15 heavy (non-hydrogen) atoms. The van der Waals surface area contributed by atoms with Gasteiger partial charge in [0.1, 0.15) is 5.75 Å². The van der Waals surface area contributed by atoms with E-state index in [1.54, 1.807) is 6.07 Å². The van der Waals surface area contributed by atoms with Gasteiger partial charge in [0.2, 0.25) is 0 Å². The van der Waals surface area contributed by atoms with Crippen molar-refractivity contribution in [2.24, 2.45) is 0 Å². The number of halogens is 2. The van der Waals surface area contributed by atoms with Crippen molar-refractivity contribution < 1.29 is 23.4 Å². The first kappa shape index (κ1) is 11.4. The van der Waals surface area contributed by atoms with E-state index in [9.17, 15) is 13.6 Å². The van der Waals surface area contributed by atoms with Gasteiger partial charge in [-0.2, -0.15) is 8.78 Å². The molecule has 0 aliphatic heterocycles. The lowest BCUT2D eigenvalue weighted by Gasteiger charge is -2.13. The largest absolute Gasteiger partial charge is 0.501 e. The molecule has 0 amide bonds. The Labute approximate surface area is 85.3 Å². The third kappa shape index (κ3) is 2.90. The fraction of sp³-hybridized carbons (Fsp3) is 0.300. The van der Waals surface area contributed by atoms with E-state index in [4.69, 9.17) is 5.11 Å². The fourth-order valence-electron chi connectivity index (χ4n) is 1.02. The molecule has 1 aromatic carbocycles. The Morgan fingerprint density at radius 2 is 2.20 bits per heavy atom. The molecule has 5 heteroatoms. The number of aryl methyl sites for hydroxylation is 1. The summed E-state index contributed by atoms with van der Waals surface area (Å²) >= 11 is 0. The molecule has 0 unspecified atom stereocenters. The summed E-state index contributed by atoms with van der Waals surface area (Å²) in [6.07, 6.45) is -3.53. The monoisotopic (exact) mass is 216 g/mol. The van der Waals surface area contributed by atoms with Crippen LogP contribution in [0.5, 0.6) is 5.75 Å². The van der Waals surface area contributed by atoms with E-state index in [1.807, 2.05) is 6.92 Å². The number of rotatable bonds is 4. The molecule has 0 fully saturated rings. The second-order valence-electron chi connectivity index (χ2n) is 2.92. The van der Waals surface area contributed by atoms with Gasteiger partial charge in [0, 0.05) is 0 Å². The molecule has 82 valence electrons. The summed E-state index contributed by atoms with van der Waals surface area (Å²) in [5.41, 5.74) is 0.800. The minimum absolute atomic E-state index is 0.151. The third-order valence-corrected chi connectivity index (χ3v) is 1.80. The van der Waals surface area contributed by atoms with E-state index in [-0.39, 0.29) is 5.75 Å². The van der Waals surface area contributed by atoms with Crippen LogP contribution in [-0.2, 0) is 11.2 Å². The first-order chi connectivity index (χ1) is 6.95. The van der Waals surface area contributed by atoms with Gasteiger partial charge in [-0.05, 0) is 24.1 Å². The molecular weight excluding hydrogens is 206 g/mol. The molecule has 0 spiro atoms. The van der Waals surface area contributed by atoms with Gasteiger partial charge in [0.15, 0.2) is 0 Å². The predicted molar refractivity (Wildman–Crippen MR) is 49.0 cm³/mol. The fourth-order valence-corrected chi connectivity index (χ4v) is 1.02. The molecule has 0 radical (unpaired) electrons. The van der Waals surface area contributed by atoms with E-state index >= 15 is 0 Å². The van der Waals surface area contributed by atoms with E-state index in [1.165, 1.54) is 18.2 Å². The zero-order valence-electron chi connectivity index (χ0n) is 8.04. The zero-order valence-corrected chi connectivity index (χ0v) is 8.04. The lowest BCUT2D eigenvalue weighted by molar-refractivity contribution is -0.210. The summed E-state index contributed by atoms with van der Waals surface area (Å²) in [7, 11) is 0. The van der Waals surface area contributed by atoms with Crippen LogP contribution < -0.4 is 4.74 Å². The van der Waals surface area contributed by atoms with Gasteiger partial charge >= 0.3 is 12.1 Å². The van der Waals surface area contributed by atoms with Crippen molar-refractivity contribution >= 4 is 5.97 Å². The molecule has 0 bridgehead atoms. The summed E-state index contributed by atoms with van der Waals surface area (Å²) in [6, 6.07) is 5.95. The number of aliphatic carboxylic acids is 1. The smallest absolute Gasteiger partial charge is 0.474 e. The highest BCUT2D eigenvalue weighted by Crippen LogP contribution is 2.22. The van der Waals surface area contributed by atoms with Crippen LogP contribution in [0.2, 0.25) is 0 Å².